The summed E-state index contributed by atoms with van der Waals surface area (Å²) in [5, 5.41) is 3.74. The zero-order valence-corrected chi connectivity index (χ0v) is 18.4. The molecule has 1 atom stereocenters. The number of urea groups is 1. The summed E-state index contributed by atoms with van der Waals surface area (Å²) < 4.78 is 5.42. The Kier molecular flexibility index (Phi) is 5.86. The van der Waals surface area contributed by atoms with E-state index in [9.17, 15) is 14.4 Å². The summed E-state index contributed by atoms with van der Waals surface area (Å²) >= 11 is 0. The van der Waals surface area contributed by atoms with Gasteiger partial charge in [-0.05, 0) is 29.3 Å². The molecule has 1 saturated heterocycles. The average Bonchev–Trinajstić information content (AvgIpc) is 3.57. The maximum atomic E-state index is 13.2. The second kappa shape index (κ2) is 9.27. The maximum absolute atomic E-state index is 13.2. The van der Waals surface area contributed by atoms with Crippen LogP contribution in [0.3, 0.4) is 0 Å². The predicted molar refractivity (Wildman–Crippen MR) is 125 cm³/mol. The quantitative estimate of drug-likeness (QED) is 0.397. The lowest BCUT2D eigenvalue weighted by molar-refractivity contribution is -0.138. The molecule has 4 aromatic rings. The SMILES string of the molecule is O=C(CN1C(=O)N[C@H](Cc2c[nH]c3ccccc23)C1=O)N(Cc1ccccc1)Cc1ccco1. The molecule has 8 nitrogen and oxygen atoms in total. The number of para-hydroxylation sites is 1. The van der Waals surface area contributed by atoms with Gasteiger partial charge < -0.3 is 19.6 Å². The second-order valence-electron chi connectivity index (χ2n) is 8.30. The van der Waals surface area contributed by atoms with Gasteiger partial charge in [0.25, 0.3) is 5.91 Å². The van der Waals surface area contributed by atoms with Gasteiger partial charge in [-0.25, -0.2) is 4.79 Å². The van der Waals surface area contributed by atoms with E-state index in [1.54, 1.807) is 23.3 Å². The number of aromatic amines is 1. The van der Waals surface area contributed by atoms with Crippen molar-refractivity contribution in [3.05, 3.63) is 96.1 Å². The first-order valence-electron chi connectivity index (χ1n) is 11.1. The van der Waals surface area contributed by atoms with Crippen molar-refractivity contribution in [2.75, 3.05) is 6.54 Å². The summed E-state index contributed by atoms with van der Waals surface area (Å²) in [5.74, 6) is -0.114. The molecule has 2 N–H and O–H groups in total. The molecule has 2 aromatic heterocycles. The van der Waals surface area contributed by atoms with Crippen LogP contribution < -0.4 is 5.32 Å². The third-order valence-corrected chi connectivity index (χ3v) is 6.00. The fourth-order valence-corrected chi connectivity index (χ4v) is 4.25. The van der Waals surface area contributed by atoms with Crippen molar-refractivity contribution in [3.63, 3.8) is 0 Å². The third-order valence-electron chi connectivity index (χ3n) is 6.00. The lowest BCUT2D eigenvalue weighted by Crippen LogP contribution is -2.43. The van der Waals surface area contributed by atoms with E-state index in [4.69, 9.17) is 4.42 Å². The highest BCUT2D eigenvalue weighted by atomic mass is 16.3. The highest BCUT2D eigenvalue weighted by molar-refractivity contribution is 6.06. The van der Waals surface area contributed by atoms with Crippen molar-refractivity contribution in [2.24, 2.45) is 0 Å². The molecule has 4 amide bonds. The van der Waals surface area contributed by atoms with Gasteiger partial charge >= 0.3 is 6.03 Å². The van der Waals surface area contributed by atoms with Gasteiger partial charge in [0, 0.05) is 30.1 Å². The van der Waals surface area contributed by atoms with Crippen LogP contribution in [0.5, 0.6) is 0 Å². The number of hydrogen-bond donors (Lipinski definition) is 2. The summed E-state index contributed by atoms with van der Waals surface area (Å²) in [5.41, 5.74) is 2.85. The number of aromatic nitrogens is 1. The molecule has 3 heterocycles. The fourth-order valence-electron chi connectivity index (χ4n) is 4.25. The fraction of sp³-hybridized carbons (Fsp3) is 0.192. The van der Waals surface area contributed by atoms with Crippen LogP contribution in [0.15, 0.2) is 83.6 Å². The second-order valence-corrected chi connectivity index (χ2v) is 8.30. The zero-order chi connectivity index (χ0) is 23.5. The minimum absolute atomic E-state index is 0.239. The number of H-pyrrole nitrogens is 1. The number of fused-ring (bicyclic) bond motifs is 1. The Morgan fingerprint density at radius 2 is 1.76 bits per heavy atom. The van der Waals surface area contributed by atoms with E-state index in [-0.39, 0.29) is 19.0 Å². The van der Waals surface area contributed by atoms with E-state index in [0.717, 1.165) is 26.9 Å². The molecular weight excluding hydrogens is 432 g/mol. The van der Waals surface area contributed by atoms with E-state index in [0.29, 0.717) is 18.7 Å². The molecule has 0 saturated carbocycles. The van der Waals surface area contributed by atoms with Gasteiger partial charge in [0.05, 0.1) is 12.8 Å². The molecule has 0 aliphatic carbocycles. The highest BCUT2D eigenvalue weighted by Gasteiger charge is 2.40. The van der Waals surface area contributed by atoms with Gasteiger partial charge in [-0.1, -0.05) is 48.5 Å². The summed E-state index contributed by atoms with van der Waals surface area (Å²) in [6, 6.07) is 19.6. The van der Waals surface area contributed by atoms with Crippen LogP contribution in [0, 0.1) is 0 Å². The van der Waals surface area contributed by atoms with Crippen molar-refractivity contribution in [1.82, 2.24) is 20.1 Å². The highest BCUT2D eigenvalue weighted by Crippen LogP contribution is 2.21. The molecule has 1 aliphatic rings. The Morgan fingerprint density at radius 3 is 2.56 bits per heavy atom. The molecule has 2 aromatic carbocycles. The Morgan fingerprint density at radius 1 is 0.971 bits per heavy atom. The normalized spacial score (nSPS) is 15.6. The number of imide groups is 1. The van der Waals surface area contributed by atoms with Crippen LogP contribution in [-0.4, -0.2) is 45.2 Å². The third kappa shape index (κ3) is 4.43. The topological polar surface area (TPSA) is 98.7 Å². The Hall–Kier alpha value is -4.33. The number of carbonyl (C=O) groups excluding carboxylic acids is 3. The number of nitrogens with one attached hydrogen (secondary N) is 2. The van der Waals surface area contributed by atoms with E-state index in [1.807, 2.05) is 60.8 Å². The molecule has 1 aliphatic heterocycles. The van der Waals surface area contributed by atoms with Gasteiger partial charge in [0.15, 0.2) is 0 Å². The number of hydrogen-bond acceptors (Lipinski definition) is 4. The monoisotopic (exact) mass is 456 g/mol. The summed E-state index contributed by atoms with van der Waals surface area (Å²) in [6.07, 6.45) is 3.75. The number of rotatable bonds is 8. The molecule has 0 bridgehead atoms. The first-order chi connectivity index (χ1) is 16.6. The number of amides is 4. The molecule has 34 heavy (non-hydrogen) atoms. The number of nitrogens with zero attached hydrogens (tertiary/aromatic N) is 2. The molecule has 8 heteroatoms. The molecule has 5 rings (SSSR count). The van der Waals surface area contributed by atoms with Crippen molar-refractivity contribution in [2.45, 2.75) is 25.6 Å². The molecule has 172 valence electrons. The summed E-state index contributed by atoms with van der Waals surface area (Å²) in [4.78, 5) is 44.7. The van der Waals surface area contributed by atoms with Gasteiger partial charge in [-0.2, -0.15) is 0 Å². The predicted octanol–water partition coefficient (Wildman–Crippen LogP) is 3.45. The van der Waals surface area contributed by atoms with Crippen LogP contribution >= 0.6 is 0 Å². The maximum Gasteiger partial charge on any atom is 0.325 e. The number of benzene rings is 2. The number of furan rings is 1. The van der Waals surface area contributed by atoms with Crippen LogP contribution in [0.1, 0.15) is 16.9 Å². The molecule has 0 radical (unpaired) electrons. The van der Waals surface area contributed by atoms with Crippen LogP contribution in [0.4, 0.5) is 4.79 Å². The Labute approximate surface area is 196 Å². The lowest BCUT2D eigenvalue weighted by atomic mass is 10.1. The molecule has 0 spiro atoms. The van der Waals surface area contributed by atoms with Gasteiger partial charge in [-0.15, -0.1) is 0 Å². The van der Waals surface area contributed by atoms with E-state index in [2.05, 4.69) is 10.3 Å². The van der Waals surface area contributed by atoms with Gasteiger partial charge in [0.1, 0.15) is 18.3 Å². The average molecular weight is 457 g/mol. The van der Waals surface area contributed by atoms with Crippen LogP contribution in [-0.2, 0) is 29.1 Å². The lowest BCUT2D eigenvalue weighted by Gasteiger charge is -2.24. The largest absolute Gasteiger partial charge is 0.467 e. The minimum atomic E-state index is -0.716. The Bertz CT molecular complexity index is 1310. The summed E-state index contributed by atoms with van der Waals surface area (Å²) in [6.45, 7) is 0.245. The minimum Gasteiger partial charge on any atom is -0.467 e. The van der Waals surface area contributed by atoms with E-state index >= 15 is 0 Å². The first kappa shape index (κ1) is 21.5. The van der Waals surface area contributed by atoms with Gasteiger partial charge in [0.2, 0.25) is 5.91 Å². The van der Waals surface area contributed by atoms with Crippen LogP contribution in [0.25, 0.3) is 10.9 Å². The standard InChI is InChI=1S/C26H24N4O4/c31-24(29(16-20-9-6-12-34-20)15-18-7-2-1-3-8-18)17-30-25(32)23(28-26(30)33)13-19-14-27-22-11-5-4-10-21(19)22/h1-12,14,23,27H,13,15-17H2,(H,28,33)/t23-/m1/s1. The van der Waals surface area contributed by atoms with Crippen molar-refractivity contribution >= 4 is 28.7 Å². The Balaban J connectivity index is 1.29. The zero-order valence-electron chi connectivity index (χ0n) is 18.4. The molecular formula is C26H24N4O4. The number of carbonyl (C=O) groups is 3. The smallest absolute Gasteiger partial charge is 0.325 e. The van der Waals surface area contributed by atoms with Crippen LogP contribution in [0.2, 0.25) is 0 Å². The summed E-state index contributed by atoms with van der Waals surface area (Å²) in [7, 11) is 0. The first-order valence-corrected chi connectivity index (χ1v) is 11.1. The van der Waals surface area contributed by atoms with Crippen molar-refractivity contribution < 1.29 is 18.8 Å². The van der Waals surface area contributed by atoms with Crippen molar-refractivity contribution in [1.29, 1.82) is 0 Å². The van der Waals surface area contributed by atoms with E-state index < -0.39 is 18.0 Å². The van der Waals surface area contributed by atoms with E-state index in [1.165, 1.54) is 0 Å². The molecule has 1 fully saturated rings. The van der Waals surface area contributed by atoms with Gasteiger partial charge in [-0.3, -0.25) is 14.5 Å². The van der Waals surface area contributed by atoms with Crippen molar-refractivity contribution in [3.8, 4) is 0 Å². The molecule has 0 unspecified atom stereocenters.